The Morgan fingerprint density at radius 2 is 2.27 bits per heavy atom. The Balaban J connectivity index is 2.82. The fourth-order valence-corrected chi connectivity index (χ4v) is 1.23. The van der Waals surface area contributed by atoms with Crippen LogP contribution in [0.3, 0.4) is 0 Å². The smallest absolute Gasteiger partial charge is 0.110 e. The largest absolute Gasteiger partial charge is 0.511 e. The van der Waals surface area contributed by atoms with Crippen LogP contribution in [0.4, 0.5) is 0 Å². The second-order valence-electron chi connectivity index (χ2n) is 2.46. The molecule has 11 heavy (non-hydrogen) atoms. The van der Waals surface area contributed by atoms with Gasteiger partial charge in [0, 0.05) is 6.42 Å². The lowest BCUT2D eigenvalue weighted by Gasteiger charge is -1.94. The van der Waals surface area contributed by atoms with Crippen molar-refractivity contribution in [3.63, 3.8) is 0 Å². The van der Waals surface area contributed by atoms with Crippen LogP contribution in [-0.2, 0) is 0 Å². The third kappa shape index (κ3) is 2.22. The molecule has 0 spiro atoms. The normalized spacial score (nSPS) is 18.2. The van der Waals surface area contributed by atoms with Crippen LogP contribution in [0.5, 0.6) is 0 Å². The van der Waals surface area contributed by atoms with Crippen LogP contribution in [0.25, 0.3) is 0 Å². The summed E-state index contributed by atoms with van der Waals surface area (Å²) < 4.78 is 0.789. The summed E-state index contributed by atoms with van der Waals surface area (Å²) in [6.07, 6.45) is 7.60. The monoisotopic (exact) mass is 214 g/mol. The quantitative estimate of drug-likeness (QED) is 0.710. The number of hydrogen-bond acceptors (Lipinski definition) is 1. The van der Waals surface area contributed by atoms with Crippen molar-refractivity contribution in [3.8, 4) is 0 Å². The average Bonchev–Trinajstić information content (AvgIpc) is 2.16. The molecule has 0 aromatic heterocycles. The molecule has 0 radical (unpaired) electrons. The zero-order valence-corrected chi connectivity index (χ0v) is 8.06. The number of allylic oxidation sites excluding steroid dienone is 5. The van der Waals surface area contributed by atoms with Gasteiger partial charge in [0.05, 0.1) is 4.48 Å². The summed E-state index contributed by atoms with van der Waals surface area (Å²) in [6, 6.07) is 0. The van der Waals surface area contributed by atoms with Gasteiger partial charge in [0.2, 0.25) is 0 Å². The molecule has 1 N–H and O–H groups in total. The summed E-state index contributed by atoms with van der Waals surface area (Å²) in [5.41, 5.74) is 1.27. The van der Waals surface area contributed by atoms with E-state index in [2.05, 4.69) is 22.9 Å². The highest BCUT2D eigenvalue weighted by atomic mass is 79.9. The van der Waals surface area contributed by atoms with Crippen LogP contribution in [-0.4, -0.2) is 5.11 Å². The van der Waals surface area contributed by atoms with E-state index >= 15 is 0 Å². The molecule has 0 saturated carbocycles. The third-order valence-electron chi connectivity index (χ3n) is 1.69. The van der Waals surface area contributed by atoms with Crippen LogP contribution in [0.15, 0.2) is 34.0 Å². The second-order valence-corrected chi connectivity index (χ2v) is 3.32. The van der Waals surface area contributed by atoms with Crippen molar-refractivity contribution in [2.75, 3.05) is 0 Å². The van der Waals surface area contributed by atoms with Crippen molar-refractivity contribution in [3.05, 3.63) is 34.0 Å². The van der Waals surface area contributed by atoms with Crippen molar-refractivity contribution in [2.24, 2.45) is 0 Å². The van der Waals surface area contributed by atoms with Crippen LogP contribution >= 0.6 is 15.9 Å². The zero-order valence-electron chi connectivity index (χ0n) is 6.47. The number of halogens is 1. The molecule has 0 aliphatic heterocycles. The van der Waals surface area contributed by atoms with E-state index in [-0.39, 0.29) is 0 Å². The Bertz CT molecular complexity index is 236. The van der Waals surface area contributed by atoms with Gasteiger partial charge in [-0.15, -0.1) is 0 Å². The Labute approximate surface area is 75.2 Å². The molecule has 0 amide bonds. The Morgan fingerprint density at radius 1 is 1.55 bits per heavy atom. The summed E-state index contributed by atoms with van der Waals surface area (Å²) in [5.74, 6) is 0.407. The van der Waals surface area contributed by atoms with Crippen LogP contribution < -0.4 is 0 Å². The Morgan fingerprint density at radius 3 is 2.91 bits per heavy atom. The molecule has 1 aliphatic rings. The number of aliphatic hydroxyl groups is 1. The van der Waals surface area contributed by atoms with Crippen molar-refractivity contribution in [1.29, 1.82) is 0 Å². The van der Waals surface area contributed by atoms with Gasteiger partial charge in [0.1, 0.15) is 5.76 Å². The van der Waals surface area contributed by atoms with Crippen molar-refractivity contribution >= 4 is 15.9 Å². The van der Waals surface area contributed by atoms with Gasteiger partial charge < -0.3 is 5.11 Å². The van der Waals surface area contributed by atoms with E-state index in [1.807, 2.05) is 18.2 Å². The summed E-state index contributed by atoms with van der Waals surface area (Å²) >= 11 is 3.27. The van der Waals surface area contributed by atoms with Gasteiger partial charge in [0.15, 0.2) is 0 Å². The first kappa shape index (κ1) is 8.60. The van der Waals surface area contributed by atoms with Gasteiger partial charge in [0.25, 0.3) is 0 Å². The lowest BCUT2D eigenvalue weighted by Crippen LogP contribution is -1.78. The van der Waals surface area contributed by atoms with Gasteiger partial charge in [-0.3, -0.25) is 0 Å². The van der Waals surface area contributed by atoms with E-state index in [1.165, 1.54) is 5.57 Å². The SMILES string of the molecule is CCC1=CCC(O)=C(Br)C=C1. The molecule has 0 heterocycles. The lowest BCUT2D eigenvalue weighted by molar-refractivity contribution is 0.400. The maximum Gasteiger partial charge on any atom is 0.110 e. The molecule has 0 aromatic rings. The fraction of sp³-hybridized carbons (Fsp3) is 0.333. The summed E-state index contributed by atoms with van der Waals surface area (Å²) in [5, 5.41) is 9.31. The first-order chi connectivity index (χ1) is 5.24. The topological polar surface area (TPSA) is 20.2 Å². The molecule has 0 bridgehead atoms. The summed E-state index contributed by atoms with van der Waals surface area (Å²) in [6.45, 7) is 2.10. The van der Waals surface area contributed by atoms with Crippen molar-refractivity contribution in [1.82, 2.24) is 0 Å². The number of aliphatic hydroxyl groups excluding tert-OH is 1. The van der Waals surface area contributed by atoms with E-state index in [9.17, 15) is 5.11 Å². The van der Waals surface area contributed by atoms with Crippen LogP contribution in [0.2, 0.25) is 0 Å². The summed E-state index contributed by atoms with van der Waals surface area (Å²) in [7, 11) is 0. The maximum absolute atomic E-state index is 9.31. The van der Waals surface area contributed by atoms with Gasteiger partial charge >= 0.3 is 0 Å². The third-order valence-corrected chi connectivity index (χ3v) is 2.41. The molecular formula is C9H11BrO. The van der Waals surface area contributed by atoms with Gasteiger partial charge in [-0.05, 0) is 28.4 Å². The average molecular weight is 215 g/mol. The predicted molar refractivity (Wildman–Crippen MR) is 50.7 cm³/mol. The van der Waals surface area contributed by atoms with Crippen LogP contribution in [0.1, 0.15) is 19.8 Å². The van der Waals surface area contributed by atoms with E-state index in [0.717, 1.165) is 10.9 Å². The van der Waals surface area contributed by atoms with E-state index in [0.29, 0.717) is 12.2 Å². The first-order valence-corrected chi connectivity index (χ1v) is 4.48. The first-order valence-electron chi connectivity index (χ1n) is 3.68. The van der Waals surface area contributed by atoms with Crippen molar-refractivity contribution < 1.29 is 5.11 Å². The van der Waals surface area contributed by atoms with Gasteiger partial charge in [-0.2, -0.15) is 0 Å². The van der Waals surface area contributed by atoms with E-state index in [1.54, 1.807) is 0 Å². The van der Waals surface area contributed by atoms with Crippen molar-refractivity contribution in [2.45, 2.75) is 19.8 Å². The van der Waals surface area contributed by atoms with Gasteiger partial charge in [-0.1, -0.05) is 24.6 Å². The van der Waals surface area contributed by atoms with Gasteiger partial charge in [-0.25, -0.2) is 0 Å². The minimum Gasteiger partial charge on any atom is -0.511 e. The zero-order chi connectivity index (χ0) is 8.27. The molecule has 0 unspecified atom stereocenters. The van der Waals surface area contributed by atoms with E-state index in [4.69, 9.17) is 0 Å². The molecular weight excluding hydrogens is 204 g/mol. The second kappa shape index (κ2) is 3.77. The highest BCUT2D eigenvalue weighted by molar-refractivity contribution is 9.11. The molecule has 1 rings (SSSR count). The molecule has 60 valence electrons. The molecule has 0 aromatic carbocycles. The lowest BCUT2D eigenvalue weighted by atomic mass is 10.2. The fourth-order valence-electron chi connectivity index (χ4n) is 0.932. The maximum atomic E-state index is 9.31. The molecule has 0 fully saturated rings. The minimum absolute atomic E-state index is 0.407. The molecule has 1 nitrogen and oxygen atoms in total. The molecule has 0 saturated heterocycles. The highest BCUT2D eigenvalue weighted by Gasteiger charge is 2.01. The standard InChI is InChI=1S/C9H11BrO/c1-2-7-3-5-8(10)9(11)6-4-7/h3-5,11H,2,6H2,1H3. The number of hydrogen-bond donors (Lipinski definition) is 1. The summed E-state index contributed by atoms with van der Waals surface area (Å²) in [4.78, 5) is 0. The van der Waals surface area contributed by atoms with E-state index < -0.39 is 0 Å². The number of rotatable bonds is 1. The Hall–Kier alpha value is -0.500. The molecule has 0 atom stereocenters. The highest BCUT2D eigenvalue weighted by Crippen LogP contribution is 2.21. The minimum atomic E-state index is 0.407. The Kier molecular flexibility index (Phi) is 2.94. The molecule has 2 heteroatoms. The predicted octanol–water partition coefficient (Wildman–Crippen LogP) is 3.45. The molecule has 1 aliphatic carbocycles. The van der Waals surface area contributed by atoms with Crippen LogP contribution in [0, 0.1) is 0 Å².